The second kappa shape index (κ2) is 6.93. The van der Waals surface area contributed by atoms with E-state index in [9.17, 15) is 4.79 Å². The van der Waals surface area contributed by atoms with Crippen LogP contribution in [-0.4, -0.2) is 29.1 Å². The maximum atomic E-state index is 12.1. The lowest BCUT2D eigenvalue weighted by atomic mass is 10.1. The standard InChI is InChI=1S/C17H18N2O3S/c1-11(8-9-20)10-18-16(21)13-6-7-14(22-13)17-19-12-4-2-3-5-15(12)23-17/h2-7,11,20H,8-10H2,1H3,(H,18,21). The summed E-state index contributed by atoms with van der Waals surface area (Å²) in [5.74, 6) is 0.847. The van der Waals surface area contributed by atoms with Crippen LogP contribution < -0.4 is 5.32 Å². The van der Waals surface area contributed by atoms with E-state index in [1.54, 1.807) is 12.1 Å². The highest BCUT2D eigenvalue weighted by atomic mass is 32.1. The number of fused-ring (bicyclic) bond motifs is 1. The molecule has 0 fully saturated rings. The molecule has 23 heavy (non-hydrogen) atoms. The third-order valence-electron chi connectivity index (χ3n) is 3.57. The van der Waals surface area contributed by atoms with Crippen molar-refractivity contribution in [2.45, 2.75) is 13.3 Å². The van der Waals surface area contributed by atoms with Gasteiger partial charge in [0.15, 0.2) is 16.5 Å². The Kier molecular flexibility index (Phi) is 4.73. The number of carbonyl (C=O) groups excluding carboxylic acids is 1. The van der Waals surface area contributed by atoms with Gasteiger partial charge in [-0.2, -0.15) is 0 Å². The molecule has 120 valence electrons. The highest BCUT2D eigenvalue weighted by molar-refractivity contribution is 7.21. The summed E-state index contributed by atoms with van der Waals surface area (Å²) in [6, 6.07) is 11.3. The molecule has 0 aliphatic rings. The molecule has 3 rings (SSSR count). The van der Waals surface area contributed by atoms with Gasteiger partial charge in [0.25, 0.3) is 5.91 Å². The fraction of sp³-hybridized carbons (Fsp3) is 0.294. The molecule has 2 aromatic heterocycles. The molecular weight excluding hydrogens is 312 g/mol. The van der Waals surface area contributed by atoms with Crippen LogP contribution in [0.3, 0.4) is 0 Å². The first-order valence-corrected chi connectivity index (χ1v) is 8.34. The molecule has 2 heterocycles. The summed E-state index contributed by atoms with van der Waals surface area (Å²) >= 11 is 1.54. The third kappa shape index (κ3) is 3.60. The Hall–Kier alpha value is -2.18. The van der Waals surface area contributed by atoms with Gasteiger partial charge in [-0.15, -0.1) is 11.3 Å². The van der Waals surface area contributed by atoms with Gasteiger partial charge in [0.1, 0.15) is 0 Å². The van der Waals surface area contributed by atoms with E-state index in [1.807, 2.05) is 31.2 Å². The minimum Gasteiger partial charge on any atom is -0.448 e. The van der Waals surface area contributed by atoms with Crippen molar-refractivity contribution < 1.29 is 14.3 Å². The molecule has 0 bridgehead atoms. The molecular formula is C17H18N2O3S. The van der Waals surface area contributed by atoms with E-state index >= 15 is 0 Å². The van der Waals surface area contributed by atoms with E-state index in [0.29, 0.717) is 18.7 Å². The molecule has 0 spiro atoms. The van der Waals surface area contributed by atoms with E-state index in [-0.39, 0.29) is 24.2 Å². The number of aliphatic hydroxyl groups is 1. The highest BCUT2D eigenvalue weighted by Gasteiger charge is 2.15. The Balaban J connectivity index is 1.71. The van der Waals surface area contributed by atoms with Gasteiger partial charge in [-0.25, -0.2) is 4.98 Å². The fourth-order valence-corrected chi connectivity index (χ4v) is 3.16. The Morgan fingerprint density at radius 1 is 1.35 bits per heavy atom. The molecule has 2 N–H and O–H groups in total. The van der Waals surface area contributed by atoms with E-state index < -0.39 is 0 Å². The Morgan fingerprint density at radius 2 is 2.17 bits per heavy atom. The molecule has 5 nitrogen and oxygen atoms in total. The molecule has 1 aromatic carbocycles. The van der Waals surface area contributed by atoms with Gasteiger partial charge < -0.3 is 14.8 Å². The van der Waals surface area contributed by atoms with Gasteiger partial charge in [0.05, 0.1) is 10.2 Å². The Morgan fingerprint density at radius 3 is 2.96 bits per heavy atom. The SMILES string of the molecule is CC(CCO)CNC(=O)c1ccc(-c2nc3ccccc3s2)o1. The zero-order chi connectivity index (χ0) is 16.2. The lowest BCUT2D eigenvalue weighted by Crippen LogP contribution is -2.28. The third-order valence-corrected chi connectivity index (χ3v) is 4.62. The van der Waals surface area contributed by atoms with E-state index in [1.165, 1.54) is 11.3 Å². The van der Waals surface area contributed by atoms with Gasteiger partial charge >= 0.3 is 0 Å². The van der Waals surface area contributed by atoms with E-state index in [4.69, 9.17) is 9.52 Å². The monoisotopic (exact) mass is 330 g/mol. The molecule has 3 aromatic rings. The number of benzene rings is 1. The van der Waals surface area contributed by atoms with Gasteiger partial charge in [-0.3, -0.25) is 4.79 Å². The smallest absolute Gasteiger partial charge is 0.287 e. The summed E-state index contributed by atoms with van der Waals surface area (Å²) in [4.78, 5) is 16.6. The van der Waals surface area contributed by atoms with Crippen LogP contribution in [0.5, 0.6) is 0 Å². The normalized spacial score (nSPS) is 12.4. The molecule has 0 radical (unpaired) electrons. The molecule has 0 saturated carbocycles. The first kappa shape index (κ1) is 15.7. The number of para-hydroxylation sites is 1. The number of nitrogens with one attached hydrogen (secondary N) is 1. The fourth-order valence-electron chi connectivity index (χ4n) is 2.23. The first-order chi connectivity index (χ1) is 11.2. The first-order valence-electron chi connectivity index (χ1n) is 7.52. The van der Waals surface area contributed by atoms with Crippen LogP contribution in [-0.2, 0) is 0 Å². The topological polar surface area (TPSA) is 75.4 Å². The average molecular weight is 330 g/mol. The summed E-state index contributed by atoms with van der Waals surface area (Å²) in [7, 11) is 0. The quantitative estimate of drug-likeness (QED) is 0.727. The van der Waals surface area contributed by atoms with Crippen LogP contribution in [0.4, 0.5) is 0 Å². The minimum absolute atomic E-state index is 0.125. The summed E-state index contributed by atoms with van der Waals surface area (Å²) in [5, 5.41) is 12.4. The van der Waals surface area contributed by atoms with Crippen molar-refractivity contribution in [2.75, 3.05) is 13.2 Å². The summed E-state index contributed by atoms with van der Waals surface area (Å²) in [6.45, 7) is 2.61. The molecule has 1 atom stereocenters. The van der Waals surface area contributed by atoms with Crippen molar-refractivity contribution in [2.24, 2.45) is 5.92 Å². The van der Waals surface area contributed by atoms with Crippen LogP contribution in [0.15, 0.2) is 40.8 Å². The summed E-state index contributed by atoms with van der Waals surface area (Å²) in [5.41, 5.74) is 0.924. The number of thiazole rings is 1. The molecule has 6 heteroatoms. The van der Waals surface area contributed by atoms with Crippen LogP contribution >= 0.6 is 11.3 Å². The average Bonchev–Trinajstić information content (AvgIpc) is 3.19. The lowest BCUT2D eigenvalue weighted by molar-refractivity contribution is 0.0918. The second-order valence-corrected chi connectivity index (χ2v) is 6.51. The molecule has 0 aliphatic heterocycles. The summed E-state index contributed by atoms with van der Waals surface area (Å²) in [6.07, 6.45) is 0.662. The van der Waals surface area contributed by atoms with Crippen LogP contribution in [0.2, 0.25) is 0 Å². The van der Waals surface area contributed by atoms with Crippen molar-refractivity contribution in [3.05, 3.63) is 42.2 Å². The van der Waals surface area contributed by atoms with Gasteiger partial charge in [-0.05, 0) is 36.6 Å². The van der Waals surface area contributed by atoms with E-state index in [0.717, 1.165) is 15.2 Å². The number of hydrogen-bond donors (Lipinski definition) is 2. The lowest BCUT2D eigenvalue weighted by Gasteiger charge is -2.09. The number of furan rings is 1. The predicted molar refractivity (Wildman–Crippen MR) is 90.5 cm³/mol. The van der Waals surface area contributed by atoms with Gasteiger partial charge in [-0.1, -0.05) is 19.1 Å². The van der Waals surface area contributed by atoms with Crippen LogP contribution in [0.25, 0.3) is 21.0 Å². The number of aromatic nitrogens is 1. The number of rotatable bonds is 6. The van der Waals surface area contributed by atoms with Crippen molar-refractivity contribution in [1.82, 2.24) is 10.3 Å². The summed E-state index contributed by atoms with van der Waals surface area (Å²) < 4.78 is 6.73. The molecule has 1 amide bonds. The molecule has 0 aliphatic carbocycles. The molecule has 1 unspecified atom stereocenters. The van der Waals surface area contributed by atoms with Crippen LogP contribution in [0.1, 0.15) is 23.9 Å². The van der Waals surface area contributed by atoms with E-state index in [2.05, 4.69) is 10.3 Å². The van der Waals surface area contributed by atoms with Crippen molar-refractivity contribution in [1.29, 1.82) is 0 Å². The number of nitrogens with zero attached hydrogens (tertiary/aromatic N) is 1. The van der Waals surface area contributed by atoms with Gasteiger partial charge in [0, 0.05) is 13.2 Å². The Bertz CT molecular complexity index is 776. The van der Waals surface area contributed by atoms with Crippen molar-refractivity contribution in [3.63, 3.8) is 0 Å². The van der Waals surface area contributed by atoms with Gasteiger partial charge in [0.2, 0.25) is 0 Å². The zero-order valence-electron chi connectivity index (χ0n) is 12.8. The van der Waals surface area contributed by atoms with Crippen molar-refractivity contribution in [3.8, 4) is 10.8 Å². The largest absolute Gasteiger partial charge is 0.448 e. The number of aliphatic hydroxyl groups excluding tert-OH is 1. The zero-order valence-corrected chi connectivity index (χ0v) is 13.6. The highest BCUT2D eigenvalue weighted by Crippen LogP contribution is 2.31. The Labute approximate surface area is 138 Å². The van der Waals surface area contributed by atoms with Crippen LogP contribution in [0, 0.1) is 5.92 Å². The number of hydrogen-bond acceptors (Lipinski definition) is 5. The maximum absolute atomic E-state index is 12.1. The maximum Gasteiger partial charge on any atom is 0.287 e. The second-order valence-electron chi connectivity index (χ2n) is 5.48. The predicted octanol–water partition coefficient (Wildman–Crippen LogP) is 3.30. The van der Waals surface area contributed by atoms with Crippen molar-refractivity contribution >= 4 is 27.5 Å². The minimum atomic E-state index is -0.248. The number of carbonyl (C=O) groups is 1. The molecule has 0 saturated heterocycles. The number of amides is 1.